The van der Waals surface area contributed by atoms with Crippen molar-refractivity contribution in [2.24, 2.45) is 11.8 Å². The van der Waals surface area contributed by atoms with Crippen molar-refractivity contribution in [2.45, 2.75) is 57.2 Å². The number of hydrogen-bond donors (Lipinski definition) is 3. The molecule has 1 fully saturated rings. The first-order valence-corrected chi connectivity index (χ1v) is 9.00. The summed E-state index contributed by atoms with van der Waals surface area (Å²) in [7, 11) is 0. The SMILES string of the molecule is CSC1CCCC1NC(=O)NCC(CC(=O)O)CC(C)C. The second-order valence-corrected chi connectivity index (χ2v) is 7.34. The molecule has 5 nitrogen and oxygen atoms in total. The number of carbonyl (C=O) groups is 2. The van der Waals surface area contributed by atoms with Crippen LogP contribution in [0.2, 0.25) is 0 Å². The Morgan fingerprint density at radius 1 is 1.33 bits per heavy atom. The van der Waals surface area contributed by atoms with Gasteiger partial charge in [0.2, 0.25) is 0 Å². The van der Waals surface area contributed by atoms with Crippen molar-refractivity contribution in [3.05, 3.63) is 0 Å². The first-order chi connectivity index (χ1) is 9.92. The summed E-state index contributed by atoms with van der Waals surface area (Å²) in [5, 5.41) is 15.3. The average Bonchev–Trinajstić information content (AvgIpc) is 2.81. The van der Waals surface area contributed by atoms with Gasteiger partial charge in [-0.05, 0) is 37.4 Å². The lowest BCUT2D eigenvalue weighted by molar-refractivity contribution is -0.138. The zero-order chi connectivity index (χ0) is 15.8. The van der Waals surface area contributed by atoms with Crippen molar-refractivity contribution in [1.82, 2.24) is 10.6 Å². The zero-order valence-electron chi connectivity index (χ0n) is 13.2. The Balaban J connectivity index is 2.36. The molecule has 0 aromatic heterocycles. The Morgan fingerprint density at radius 2 is 2.05 bits per heavy atom. The molecular weight excluding hydrogens is 288 g/mol. The van der Waals surface area contributed by atoms with E-state index in [-0.39, 0.29) is 24.4 Å². The summed E-state index contributed by atoms with van der Waals surface area (Å²) in [6.45, 7) is 4.56. The lowest BCUT2D eigenvalue weighted by atomic mass is 9.94. The molecule has 0 aromatic rings. The maximum atomic E-state index is 12.0. The smallest absolute Gasteiger partial charge is 0.315 e. The van der Waals surface area contributed by atoms with Crippen LogP contribution in [0.5, 0.6) is 0 Å². The van der Waals surface area contributed by atoms with Gasteiger partial charge in [-0.3, -0.25) is 4.79 Å². The molecule has 0 aromatic carbocycles. The van der Waals surface area contributed by atoms with E-state index in [0.29, 0.717) is 17.7 Å². The Kier molecular flexibility index (Phi) is 7.93. The predicted molar refractivity (Wildman–Crippen MR) is 86.7 cm³/mol. The molecule has 3 atom stereocenters. The van der Waals surface area contributed by atoms with Crippen LogP contribution in [-0.2, 0) is 4.79 Å². The number of carboxylic acid groups (broad SMARTS) is 1. The van der Waals surface area contributed by atoms with Gasteiger partial charge in [-0.2, -0.15) is 11.8 Å². The number of hydrogen-bond acceptors (Lipinski definition) is 3. The first kappa shape index (κ1) is 18.1. The number of aliphatic carboxylic acids is 1. The van der Waals surface area contributed by atoms with Crippen molar-refractivity contribution < 1.29 is 14.7 Å². The summed E-state index contributed by atoms with van der Waals surface area (Å²) in [4.78, 5) is 22.8. The lowest BCUT2D eigenvalue weighted by Crippen LogP contribution is -2.46. The van der Waals surface area contributed by atoms with Gasteiger partial charge in [0.25, 0.3) is 0 Å². The minimum Gasteiger partial charge on any atom is -0.481 e. The number of amides is 2. The molecule has 1 aliphatic rings. The number of urea groups is 1. The van der Waals surface area contributed by atoms with Crippen molar-refractivity contribution >= 4 is 23.8 Å². The zero-order valence-corrected chi connectivity index (χ0v) is 14.0. The van der Waals surface area contributed by atoms with Crippen LogP contribution in [0.1, 0.15) is 46.0 Å². The third-order valence-electron chi connectivity index (χ3n) is 3.89. The summed E-state index contributed by atoms with van der Waals surface area (Å²) in [5.41, 5.74) is 0. The molecular formula is C15H28N2O3S. The molecule has 0 saturated heterocycles. The molecule has 0 spiro atoms. The monoisotopic (exact) mass is 316 g/mol. The molecule has 21 heavy (non-hydrogen) atoms. The van der Waals surface area contributed by atoms with E-state index < -0.39 is 5.97 Å². The van der Waals surface area contributed by atoms with Gasteiger partial charge >= 0.3 is 12.0 Å². The second kappa shape index (κ2) is 9.18. The van der Waals surface area contributed by atoms with Gasteiger partial charge in [-0.1, -0.05) is 20.3 Å². The highest BCUT2D eigenvalue weighted by molar-refractivity contribution is 7.99. The molecule has 1 saturated carbocycles. The number of thioether (sulfide) groups is 1. The number of nitrogens with one attached hydrogen (secondary N) is 2. The quantitative estimate of drug-likeness (QED) is 0.643. The standard InChI is InChI=1S/C15H28N2O3S/c1-10(2)7-11(8-14(18)19)9-16-15(20)17-12-5-4-6-13(12)21-3/h10-13H,4-9H2,1-3H3,(H,18,19)(H2,16,17,20). The van der Waals surface area contributed by atoms with Crippen LogP contribution in [0, 0.1) is 11.8 Å². The van der Waals surface area contributed by atoms with Crippen LogP contribution in [-0.4, -0.2) is 41.2 Å². The average molecular weight is 316 g/mol. The normalized spacial score (nSPS) is 23.0. The Morgan fingerprint density at radius 3 is 2.62 bits per heavy atom. The Hall–Kier alpha value is -0.910. The molecule has 0 aliphatic heterocycles. The van der Waals surface area contributed by atoms with Crippen LogP contribution in [0.3, 0.4) is 0 Å². The predicted octanol–water partition coefficient (Wildman–Crippen LogP) is 2.71. The van der Waals surface area contributed by atoms with Gasteiger partial charge < -0.3 is 15.7 Å². The molecule has 3 N–H and O–H groups in total. The van der Waals surface area contributed by atoms with E-state index in [1.54, 1.807) is 11.8 Å². The fraction of sp³-hybridized carbons (Fsp3) is 0.867. The maximum Gasteiger partial charge on any atom is 0.315 e. The van der Waals surface area contributed by atoms with Crippen LogP contribution in [0.4, 0.5) is 4.79 Å². The minimum absolute atomic E-state index is 0.00632. The van der Waals surface area contributed by atoms with Crippen LogP contribution in [0.25, 0.3) is 0 Å². The highest BCUT2D eigenvalue weighted by atomic mass is 32.2. The maximum absolute atomic E-state index is 12.0. The molecule has 0 radical (unpaired) electrons. The van der Waals surface area contributed by atoms with Crippen LogP contribution < -0.4 is 10.6 Å². The molecule has 3 unspecified atom stereocenters. The van der Waals surface area contributed by atoms with Crippen LogP contribution in [0.15, 0.2) is 0 Å². The Labute approximate surface area is 131 Å². The van der Waals surface area contributed by atoms with E-state index in [4.69, 9.17) is 5.11 Å². The Bertz CT molecular complexity index is 350. The summed E-state index contributed by atoms with van der Waals surface area (Å²) in [6, 6.07) is 0.0723. The summed E-state index contributed by atoms with van der Waals surface area (Å²) >= 11 is 1.80. The highest BCUT2D eigenvalue weighted by Gasteiger charge is 2.27. The number of rotatable bonds is 8. The van der Waals surface area contributed by atoms with E-state index in [1.807, 2.05) is 0 Å². The van der Waals surface area contributed by atoms with Gasteiger partial charge in [-0.15, -0.1) is 0 Å². The van der Waals surface area contributed by atoms with E-state index in [1.165, 1.54) is 0 Å². The summed E-state index contributed by atoms with van der Waals surface area (Å²) in [5.74, 6) is -0.385. The van der Waals surface area contributed by atoms with Gasteiger partial charge in [0.05, 0.1) is 0 Å². The minimum atomic E-state index is -0.805. The fourth-order valence-corrected chi connectivity index (χ4v) is 3.92. The van der Waals surface area contributed by atoms with E-state index in [0.717, 1.165) is 25.7 Å². The third kappa shape index (κ3) is 7.07. The van der Waals surface area contributed by atoms with Gasteiger partial charge in [0.15, 0.2) is 0 Å². The molecule has 0 heterocycles. The topological polar surface area (TPSA) is 78.4 Å². The van der Waals surface area contributed by atoms with Crippen molar-refractivity contribution in [3.63, 3.8) is 0 Å². The molecule has 1 aliphatic carbocycles. The van der Waals surface area contributed by atoms with Gasteiger partial charge in [-0.25, -0.2) is 4.79 Å². The summed E-state index contributed by atoms with van der Waals surface area (Å²) < 4.78 is 0. The van der Waals surface area contributed by atoms with Gasteiger partial charge in [0.1, 0.15) is 0 Å². The molecule has 122 valence electrons. The fourth-order valence-electron chi connectivity index (χ4n) is 2.98. The molecule has 1 rings (SSSR count). The van der Waals surface area contributed by atoms with Crippen LogP contribution >= 0.6 is 11.8 Å². The van der Waals surface area contributed by atoms with Crippen molar-refractivity contribution in [1.29, 1.82) is 0 Å². The molecule has 0 bridgehead atoms. The summed E-state index contributed by atoms with van der Waals surface area (Å²) in [6.07, 6.45) is 6.34. The number of carbonyl (C=O) groups excluding carboxylic acids is 1. The van der Waals surface area contributed by atoms with E-state index >= 15 is 0 Å². The highest BCUT2D eigenvalue weighted by Crippen LogP contribution is 2.28. The van der Waals surface area contributed by atoms with Gasteiger partial charge in [0, 0.05) is 24.3 Å². The largest absolute Gasteiger partial charge is 0.481 e. The van der Waals surface area contributed by atoms with Crippen molar-refractivity contribution in [2.75, 3.05) is 12.8 Å². The second-order valence-electron chi connectivity index (χ2n) is 6.26. The van der Waals surface area contributed by atoms with Crippen molar-refractivity contribution in [3.8, 4) is 0 Å². The molecule has 6 heteroatoms. The molecule has 2 amide bonds. The first-order valence-electron chi connectivity index (χ1n) is 7.71. The lowest BCUT2D eigenvalue weighted by Gasteiger charge is -2.21. The number of carboxylic acids is 1. The third-order valence-corrected chi connectivity index (χ3v) is 5.06. The van der Waals surface area contributed by atoms with E-state index in [9.17, 15) is 9.59 Å². The van der Waals surface area contributed by atoms with E-state index in [2.05, 4.69) is 30.7 Å².